The van der Waals surface area contributed by atoms with Crippen molar-refractivity contribution >= 4 is 34.9 Å². The zero-order valence-corrected chi connectivity index (χ0v) is 14.5. The van der Waals surface area contributed by atoms with Crippen LogP contribution in [0.15, 0.2) is 73.8 Å². The molecule has 3 aromatic carbocycles. The molecule has 0 radical (unpaired) electrons. The lowest BCUT2D eigenvalue weighted by Crippen LogP contribution is -1.86. The lowest BCUT2D eigenvalue weighted by atomic mass is 9.97. The quantitative estimate of drug-likeness (QED) is 0.435. The van der Waals surface area contributed by atoms with E-state index in [0.717, 1.165) is 44.4 Å². The van der Waals surface area contributed by atoms with Gasteiger partial charge in [-0.25, -0.2) is 0 Å². The molecule has 1 aromatic heterocycles. The van der Waals surface area contributed by atoms with E-state index < -0.39 is 0 Å². The van der Waals surface area contributed by atoms with E-state index in [1.165, 1.54) is 11.7 Å². The predicted molar refractivity (Wildman–Crippen MR) is 108 cm³/mol. The van der Waals surface area contributed by atoms with Crippen LogP contribution in [-0.2, 0) is 0 Å². The fourth-order valence-electron chi connectivity index (χ4n) is 2.93. The van der Waals surface area contributed by atoms with Gasteiger partial charge in [0.1, 0.15) is 11.0 Å². The Morgan fingerprint density at radius 1 is 0.600 bits per heavy atom. The van der Waals surface area contributed by atoms with Gasteiger partial charge in [0.15, 0.2) is 0 Å². The van der Waals surface area contributed by atoms with Crippen molar-refractivity contribution in [3.8, 4) is 22.3 Å². The lowest BCUT2D eigenvalue weighted by molar-refractivity contribution is 1.57. The fourth-order valence-corrected chi connectivity index (χ4v) is 3.50. The Morgan fingerprint density at radius 3 is 1.36 bits per heavy atom. The summed E-state index contributed by atoms with van der Waals surface area (Å²) in [4.78, 5) is 0. The second-order valence-corrected chi connectivity index (χ2v) is 6.30. The molecule has 0 unspecified atom stereocenters. The molecule has 0 aliphatic carbocycles. The van der Waals surface area contributed by atoms with E-state index in [9.17, 15) is 0 Å². The minimum Gasteiger partial charge on any atom is -0.172 e. The summed E-state index contributed by atoms with van der Waals surface area (Å²) in [6.07, 6.45) is 3.69. The van der Waals surface area contributed by atoms with Gasteiger partial charge in [0.05, 0.1) is 11.7 Å². The second kappa shape index (κ2) is 6.46. The van der Waals surface area contributed by atoms with Crippen LogP contribution >= 0.6 is 11.7 Å². The van der Waals surface area contributed by atoms with Crippen molar-refractivity contribution in [2.45, 2.75) is 0 Å². The molecule has 0 saturated carbocycles. The molecule has 120 valence electrons. The van der Waals surface area contributed by atoms with Crippen LogP contribution in [0.1, 0.15) is 11.1 Å². The molecular formula is C22H16N2S. The van der Waals surface area contributed by atoms with Crippen molar-refractivity contribution in [2.75, 3.05) is 0 Å². The first kappa shape index (κ1) is 15.5. The average molecular weight is 340 g/mol. The first-order chi connectivity index (χ1) is 12.3. The Kier molecular flexibility index (Phi) is 4.00. The van der Waals surface area contributed by atoms with Crippen LogP contribution in [0, 0.1) is 0 Å². The van der Waals surface area contributed by atoms with Crippen molar-refractivity contribution < 1.29 is 0 Å². The van der Waals surface area contributed by atoms with Gasteiger partial charge in [-0.15, -0.1) is 0 Å². The summed E-state index contributed by atoms with van der Waals surface area (Å²) in [7, 11) is 0. The number of fused-ring (bicyclic) bond motifs is 1. The number of rotatable bonds is 4. The monoisotopic (exact) mass is 340 g/mol. The van der Waals surface area contributed by atoms with Crippen molar-refractivity contribution in [1.29, 1.82) is 0 Å². The zero-order chi connectivity index (χ0) is 17.2. The molecule has 0 amide bonds. The molecule has 0 bridgehead atoms. The smallest absolute Gasteiger partial charge is 0.113 e. The molecule has 0 spiro atoms. The molecule has 2 nitrogen and oxygen atoms in total. The van der Waals surface area contributed by atoms with Gasteiger partial charge in [0.25, 0.3) is 0 Å². The summed E-state index contributed by atoms with van der Waals surface area (Å²) in [5, 5.41) is 0. The van der Waals surface area contributed by atoms with Gasteiger partial charge in [0.2, 0.25) is 0 Å². The normalized spacial score (nSPS) is 10.7. The standard InChI is InChI=1S/C22H16N2S/c1-3-15-5-9-17(10-6-15)19-13-14-20(22-21(19)23-25-24-22)18-11-7-16(4-2)8-12-18/h3-14H,1-2H2. The first-order valence-electron chi connectivity index (χ1n) is 8.01. The van der Waals surface area contributed by atoms with Crippen LogP contribution < -0.4 is 0 Å². The van der Waals surface area contributed by atoms with E-state index in [2.05, 4.69) is 82.6 Å². The van der Waals surface area contributed by atoms with Crippen LogP contribution in [0.25, 0.3) is 45.4 Å². The van der Waals surface area contributed by atoms with E-state index in [1.54, 1.807) is 0 Å². The summed E-state index contributed by atoms with van der Waals surface area (Å²) in [6.45, 7) is 7.61. The molecule has 0 aliphatic heterocycles. The van der Waals surface area contributed by atoms with Crippen LogP contribution in [0.4, 0.5) is 0 Å². The molecule has 0 fully saturated rings. The van der Waals surface area contributed by atoms with Gasteiger partial charge in [-0.1, -0.05) is 86.0 Å². The topological polar surface area (TPSA) is 25.8 Å². The Hall–Kier alpha value is -3.04. The summed E-state index contributed by atoms with van der Waals surface area (Å²) in [6, 6.07) is 20.9. The number of aromatic nitrogens is 2. The SMILES string of the molecule is C=Cc1ccc(-c2ccc(-c3ccc(C=C)cc3)c3nsnc23)cc1. The van der Waals surface area contributed by atoms with Crippen molar-refractivity contribution in [1.82, 2.24) is 8.75 Å². The Labute approximate surface area is 151 Å². The number of nitrogens with zero attached hydrogens (tertiary/aromatic N) is 2. The third-order valence-corrected chi connectivity index (χ3v) is 4.86. The zero-order valence-electron chi connectivity index (χ0n) is 13.6. The van der Waals surface area contributed by atoms with Gasteiger partial charge in [0, 0.05) is 11.1 Å². The highest BCUT2D eigenvalue weighted by Crippen LogP contribution is 2.34. The molecule has 0 saturated heterocycles. The summed E-state index contributed by atoms with van der Waals surface area (Å²) in [5.74, 6) is 0. The van der Waals surface area contributed by atoms with Gasteiger partial charge in [-0.3, -0.25) is 0 Å². The molecule has 1 heterocycles. The van der Waals surface area contributed by atoms with Gasteiger partial charge < -0.3 is 0 Å². The molecule has 4 rings (SSSR count). The molecule has 25 heavy (non-hydrogen) atoms. The largest absolute Gasteiger partial charge is 0.172 e. The third-order valence-electron chi connectivity index (χ3n) is 4.33. The molecule has 3 heteroatoms. The maximum atomic E-state index is 4.55. The van der Waals surface area contributed by atoms with Gasteiger partial charge >= 0.3 is 0 Å². The predicted octanol–water partition coefficient (Wildman–Crippen LogP) is 6.31. The summed E-state index contributed by atoms with van der Waals surface area (Å²) >= 11 is 1.25. The lowest BCUT2D eigenvalue weighted by Gasteiger charge is -2.08. The van der Waals surface area contributed by atoms with Gasteiger partial charge in [-0.2, -0.15) is 8.75 Å². The van der Waals surface area contributed by atoms with E-state index in [1.807, 2.05) is 12.2 Å². The van der Waals surface area contributed by atoms with Crippen LogP contribution in [0.5, 0.6) is 0 Å². The van der Waals surface area contributed by atoms with Crippen molar-refractivity contribution in [3.05, 3.63) is 84.9 Å². The van der Waals surface area contributed by atoms with E-state index in [4.69, 9.17) is 0 Å². The number of hydrogen-bond acceptors (Lipinski definition) is 3. The highest BCUT2D eigenvalue weighted by molar-refractivity contribution is 7.00. The maximum Gasteiger partial charge on any atom is 0.113 e. The number of hydrogen-bond donors (Lipinski definition) is 0. The summed E-state index contributed by atoms with van der Waals surface area (Å²) < 4.78 is 9.10. The first-order valence-corrected chi connectivity index (χ1v) is 8.74. The highest BCUT2D eigenvalue weighted by atomic mass is 32.1. The minimum absolute atomic E-state index is 0.946. The average Bonchev–Trinajstić information content (AvgIpc) is 3.17. The minimum atomic E-state index is 0.946. The maximum absolute atomic E-state index is 4.55. The number of benzene rings is 3. The van der Waals surface area contributed by atoms with Crippen molar-refractivity contribution in [2.24, 2.45) is 0 Å². The van der Waals surface area contributed by atoms with Crippen LogP contribution in [0.3, 0.4) is 0 Å². The van der Waals surface area contributed by atoms with Crippen LogP contribution in [0.2, 0.25) is 0 Å². The Bertz CT molecular complexity index is 972. The van der Waals surface area contributed by atoms with Crippen molar-refractivity contribution in [3.63, 3.8) is 0 Å². The Balaban J connectivity index is 1.85. The molecule has 0 atom stereocenters. The molecule has 0 N–H and O–H groups in total. The van der Waals surface area contributed by atoms with E-state index in [0.29, 0.717) is 0 Å². The highest BCUT2D eigenvalue weighted by Gasteiger charge is 2.13. The molecule has 4 aromatic rings. The third kappa shape index (κ3) is 2.79. The van der Waals surface area contributed by atoms with Gasteiger partial charge in [-0.05, 0) is 22.3 Å². The fraction of sp³-hybridized carbons (Fsp3) is 0. The molecule has 0 aliphatic rings. The van der Waals surface area contributed by atoms with E-state index in [-0.39, 0.29) is 0 Å². The van der Waals surface area contributed by atoms with E-state index >= 15 is 0 Å². The Morgan fingerprint density at radius 2 is 1.00 bits per heavy atom. The van der Waals surface area contributed by atoms with Crippen LogP contribution in [-0.4, -0.2) is 8.75 Å². The second-order valence-electron chi connectivity index (χ2n) is 5.77. The summed E-state index contributed by atoms with van der Waals surface area (Å²) in [5.41, 5.74) is 8.58. The molecular weight excluding hydrogens is 324 g/mol.